The van der Waals surface area contributed by atoms with E-state index in [9.17, 15) is 9.59 Å². The van der Waals surface area contributed by atoms with Crippen molar-refractivity contribution in [2.75, 3.05) is 51.3 Å². The van der Waals surface area contributed by atoms with Gasteiger partial charge in [-0.05, 0) is 37.1 Å². The van der Waals surface area contributed by atoms with Gasteiger partial charge in [-0.3, -0.25) is 14.5 Å². The lowest BCUT2D eigenvalue weighted by Gasteiger charge is -2.25. The molecule has 2 saturated heterocycles. The van der Waals surface area contributed by atoms with Gasteiger partial charge < -0.3 is 15.0 Å². The number of benzene rings is 1. The Morgan fingerprint density at radius 3 is 2.30 bits per heavy atom. The summed E-state index contributed by atoms with van der Waals surface area (Å²) in [6.07, 6.45) is 2.17. The Balaban J connectivity index is 1.52. The number of anilines is 1. The van der Waals surface area contributed by atoms with E-state index in [1.807, 2.05) is 4.90 Å². The van der Waals surface area contributed by atoms with Gasteiger partial charge in [0.1, 0.15) is 0 Å². The molecule has 0 aliphatic carbocycles. The minimum atomic E-state index is -0.0366. The van der Waals surface area contributed by atoms with Crippen LogP contribution in [0.3, 0.4) is 0 Å². The fraction of sp³-hybridized carbons (Fsp3) is 0.529. The lowest BCUT2D eigenvalue weighted by atomic mass is 10.2. The summed E-state index contributed by atoms with van der Waals surface area (Å²) in [7, 11) is 0. The molecule has 1 aromatic carbocycles. The molecular weight excluding hydrogens is 294 g/mol. The van der Waals surface area contributed by atoms with Crippen LogP contribution in [0.2, 0.25) is 0 Å². The van der Waals surface area contributed by atoms with Crippen LogP contribution in [0.25, 0.3) is 0 Å². The molecule has 2 aliphatic heterocycles. The van der Waals surface area contributed by atoms with Crippen LogP contribution in [-0.2, 0) is 9.53 Å². The Morgan fingerprint density at radius 1 is 1.00 bits per heavy atom. The van der Waals surface area contributed by atoms with Crippen molar-refractivity contribution in [1.29, 1.82) is 0 Å². The molecule has 23 heavy (non-hydrogen) atoms. The topological polar surface area (TPSA) is 61.9 Å². The lowest BCUT2D eigenvalue weighted by molar-refractivity contribution is -0.118. The van der Waals surface area contributed by atoms with Crippen molar-refractivity contribution in [3.8, 4) is 0 Å². The predicted octanol–water partition coefficient (Wildman–Crippen LogP) is 1.19. The largest absolute Gasteiger partial charge is 0.379 e. The van der Waals surface area contributed by atoms with Crippen molar-refractivity contribution in [1.82, 2.24) is 9.80 Å². The van der Waals surface area contributed by atoms with E-state index >= 15 is 0 Å². The van der Waals surface area contributed by atoms with E-state index in [2.05, 4.69) is 10.2 Å². The van der Waals surface area contributed by atoms with Gasteiger partial charge in [0.2, 0.25) is 5.91 Å². The van der Waals surface area contributed by atoms with E-state index in [-0.39, 0.29) is 11.8 Å². The molecule has 2 aliphatic rings. The van der Waals surface area contributed by atoms with Gasteiger partial charge in [0.15, 0.2) is 0 Å². The molecule has 124 valence electrons. The van der Waals surface area contributed by atoms with E-state index in [0.717, 1.165) is 44.7 Å². The number of amides is 2. The van der Waals surface area contributed by atoms with E-state index in [0.29, 0.717) is 25.3 Å². The fourth-order valence-electron chi connectivity index (χ4n) is 2.96. The van der Waals surface area contributed by atoms with Gasteiger partial charge in [-0.1, -0.05) is 0 Å². The predicted molar refractivity (Wildman–Crippen MR) is 87.5 cm³/mol. The summed E-state index contributed by atoms with van der Waals surface area (Å²) in [6, 6.07) is 7.15. The maximum absolute atomic E-state index is 12.3. The highest BCUT2D eigenvalue weighted by Gasteiger charge is 2.19. The first-order chi connectivity index (χ1) is 11.2. The first-order valence-corrected chi connectivity index (χ1v) is 8.22. The molecule has 0 radical (unpaired) electrons. The molecule has 2 heterocycles. The van der Waals surface area contributed by atoms with Crippen molar-refractivity contribution >= 4 is 17.5 Å². The summed E-state index contributed by atoms with van der Waals surface area (Å²) in [6.45, 7) is 5.00. The van der Waals surface area contributed by atoms with Gasteiger partial charge in [-0.15, -0.1) is 0 Å². The normalized spacial score (nSPS) is 18.9. The van der Waals surface area contributed by atoms with Gasteiger partial charge in [0.05, 0.1) is 19.8 Å². The molecule has 2 fully saturated rings. The molecule has 0 aromatic heterocycles. The van der Waals surface area contributed by atoms with Gasteiger partial charge in [-0.2, -0.15) is 0 Å². The molecule has 6 heteroatoms. The molecule has 6 nitrogen and oxygen atoms in total. The van der Waals surface area contributed by atoms with Gasteiger partial charge >= 0.3 is 0 Å². The number of hydrogen-bond donors (Lipinski definition) is 1. The van der Waals surface area contributed by atoms with Crippen molar-refractivity contribution < 1.29 is 14.3 Å². The van der Waals surface area contributed by atoms with Crippen LogP contribution in [-0.4, -0.2) is 67.6 Å². The average Bonchev–Trinajstić information content (AvgIpc) is 3.10. The smallest absolute Gasteiger partial charge is 0.253 e. The van der Waals surface area contributed by atoms with Crippen LogP contribution < -0.4 is 5.32 Å². The highest BCUT2D eigenvalue weighted by atomic mass is 16.5. The van der Waals surface area contributed by atoms with Gasteiger partial charge in [-0.25, -0.2) is 0 Å². The third kappa shape index (κ3) is 4.30. The number of likely N-dealkylation sites (tertiary alicyclic amines) is 1. The van der Waals surface area contributed by atoms with Crippen LogP contribution in [0.1, 0.15) is 23.2 Å². The summed E-state index contributed by atoms with van der Waals surface area (Å²) in [5.74, 6) is 0.0409. The molecule has 0 bridgehead atoms. The highest BCUT2D eigenvalue weighted by molar-refractivity contribution is 5.96. The maximum Gasteiger partial charge on any atom is 0.253 e. The molecule has 1 N–H and O–H groups in total. The van der Waals surface area contributed by atoms with Crippen molar-refractivity contribution in [2.24, 2.45) is 0 Å². The van der Waals surface area contributed by atoms with Crippen molar-refractivity contribution in [2.45, 2.75) is 12.8 Å². The number of morpholine rings is 1. The second-order valence-electron chi connectivity index (χ2n) is 6.01. The number of carbonyl (C=O) groups is 2. The zero-order valence-corrected chi connectivity index (χ0v) is 13.3. The van der Waals surface area contributed by atoms with E-state index in [1.165, 1.54) is 0 Å². The van der Waals surface area contributed by atoms with E-state index < -0.39 is 0 Å². The lowest BCUT2D eigenvalue weighted by Crippen LogP contribution is -2.41. The molecule has 2 amide bonds. The zero-order valence-electron chi connectivity index (χ0n) is 13.3. The molecule has 0 saturated carbocycles. The molecule has 0 spiro atoms. The molecule has 0 atom stereocenters. The summed E-state index contributed by atoms with van der Waals surface area (Å²) in [5.41, 5.74) is 1.40. The van der Waals surface area contributed by atoms with Crippen LogP contribution in [0.4, 0.5) is 5.69 Å². The van der Waals surface area contributed by atoms with Crippen molar-refractivity contribution in [3.63, 3.8) is 0 Å². The third-order valence-electron chi connectivity index (χ3n) is 4.28. The second-order valence-corrected chi connectivity index (χ2v) is 6.01. The summed E-state index contributed by atoms with van der Waals surface area (Å²) in [5, 5.41) is 2.88. The quantitative estimate of drug-likeness (QED) is 0.906. The number of carbonyl (C=O) groups excluding carboxylic acids is 2. The molecular formula is C17H23N3O3. The van der Waals surface area contributed by atoms with Crippen LogP contribution in [0, 0.1) is 0 Å². The Morgan fingerprint density at radius 2 is 1.65 bits per heavy atom. The van der Waals surface area contributed by atoms with E-state index in [4.69, 9.17) is 4.74 Å². The Kier molecular flexibility index (Phi) is 5.25. The third-order valence-corrected chi connectivity index (χ3v) is 4.28. The van der Waals surface area contributed by atoms with E-state index in [1.54, 1.807) is 24.3 Å². The minimum absolute atomic E-state index is 0.0366. The van der Waals surface area contributed by atoms with Gasteiger partial charge in [0.25, 0.3) is 5.91 Å². The maximum atomic E-state index is 12.3. The summed E-state index contributed by atoms with van der Waals surface area (Å²) < 4.78 is 5.27. The minimum Gasteiger partial charge on any atom is -0.379 e. The Bertz CT molecular complexity index is 547. The first-order valence-electron chi connectivity index (χ1n) is 8.22. The number of nitrogens with one attached hydrogen (secondary N) is 1. The van der Waals surface area contributed by atoms with Crippen LogP contribution in [0.5, 0.6) is 0 Å². The highest BCUT2D eigenvalue weighted by Crippen LogP contribution is 2.15. The zero-order chi connectivity index (χ0) is 16.1. The Hall–Kier alpha value is -1.92. The number of ether oxygens (including phenoxy) is 1. The molecule has 3 rings (SSSR count). The number of rotatable bonds is 4. The van der Waals surface area contributed by atoms with Crippen molar-refractivity contribution in [3.05, 3.63) is 29.8 Å². The Labute approximate surface area is 136 Å². The van der Waals surface area contributed by atoms with Crippen LogP contribution >= 0.6 is 0 Å². The number of hydrogen-bond acceptors (Lipinski definition) is 4. The molecule has 1 aromatic rings. The standard InChI is InChI=1S/C17H23N3O3/c21-16(13-19-9-11-23-12-10-19)18-15-5-3-14(4-6-15)17(22)20-7-1-2-8-20/h3-6H,1-2,7-13H2,(H,18,21). The average molecular weight is 317 g/mol. The number of nitrogens with zero attached hydrogens (tertiary/aromatic N) is 2. The first kappa shape index (κ1) is 16.0. The van der Waals surface area contributed by atoms with Crippen LogP contribution in [0.15, 0.2) is 24.3 Å². The fourth-order valence-corrected chi connectivity index (χ4v) is 2.96. The SMILES string of the molecule is O=C(CN1CCOCC1)Nc1ccc(C(=O)N2CCCC2)cc1. The molecule has 0 unspecified atom stereocenters. The monoisotopic (exact) mass is 317 g/mol. The van der Waals surface area contributed by atoms with Gasteiger partial charge in [0, 0.05) is 37.4 Å². The second kappa shape index (κ2) is 7.57. The summed E-state index contributed by atoms with van der Waals surface area (Å²) >= 11 is 0. The summed E-state index contributed by atoms with van der Waals surface area (Å²) in [4.78, 5) is 28.3.